The van der Waals surface area contributed by atoms with Gasteiger partial charge in [0.25, 0.3) is 0 Å². The predicted octanol–water partition coefficient (Wildman–Crippen LogP) is 4.58. The van der Waals surface area contributed by atoms with Gasteiger partial charge in [0.1, 0.15) is 5.60 Å². The van der Waals surface area contributed by atoms with Crippen LogP contribution in [-0.2, 0) is 10.9 Å². The molecular formula is C18H25F3N2O2. The van der Waals surface area contributed by atoms with Crippen molar-refractivity contribution in [3.8, 4) is 0 Å². The van der Waals surface area contributed by atoms with E-state index in [0.717, 1.165) is 56.6 Å². The second-order valence-corrected chi connectivity index (χ2v) is 7.19. The molecule has 2 rings (SSSR count). The number of amides is 1. The van der Waals surface area contributed by atoms with E-state index in [-0.39, 0.29) is 0 Å². The number of piperidine rings is 1. The molecule has 0 bridgehead atoms. The van der Waals surface area contributed by atoms with Gasteiger partial charge in [-0.05, 0) is 69.7 Å². The molecule has 1 amide bonds. The first kappa shape index (κ1) is 19.4. The van der Waals surface area contributed by atoms with Gasteiger partial charge in [0.15, 0.2) is 0 Å². The summed E-state index contributed by atoms with van der Waals surface area (Å²) < 4.78 is 43.0. The van der Waals surface area contributed by atoms with E-state index in [1.165, 1.54) is 12.1 Å². The van der Waals surface area contributed by atoms with Crippen LogP contribution in [0.5, 0.6) is 0 Å². The number of alkyl halides is 3. The minimum atomic E-state index is -4.30. The van der Waals surface area contributed by atoms with E-state index in [1.807, 2.05) is 13.8 Å². The number of hydrogen-bond acceptors (Lipinski definition) is 3. The van der Waals surface area contributed by atoms with Crippen LogP contribution in [0.25, 0.3) is 0 Å². The maximum absolute atomic E-state index is 12.6. The lowest BCUT2D eigenvalue weighted by Gasteiger charge is -2.35. The fourth-order valence-corrected chi connectivity index (χ4v) is 3.22. The molecule has 0 radical (unpaired) electrons. The highest BCUT2D eigenvalue weighted by molar-refractivity contribution is 5.65. The summed E-state index contributed by atoms with van der Waals surface area (Å²) in [6, 6.07) is 5.33. The third-order valence-corrected chi connectivity index (χ3v) is 4.71. The zero-order valence-corrected chi connectivity index (χ0v) is 14.6. The third-order valence-electron chi connectivity index (χ3n) is 4.71. The van der Waals surface area contributed by atoms with E-state index in [0.29, 0.717) is 5.92 Å². The molecule has 1 aromatic carbocycles. The van der Waals surface area contributed by atoms with Gasteiger partial charge in [0.05, 0.1) is 5.56 Å². The van der Waals surface area contributed by atoms with Gasteiger partial charge in [-0.1, -0.05) is 0 Å². The van der Waals surface area contributed by atoms with Gasteiger partial charge in [-0.2, -0.15) is 13.2 Å². The number of nitrogens with zero attached hydrogens (tertiary/aromatic N) is 1. The number of halogens is 3. The van der Waals surface area contributed by atoms with Gasteiger partial charge in [-0.15, -0.1) is 0 Å². The Kier molecular flexibility index (Phi) is 5.85. The van der Waals surface area contributed by atoms with E-state index >= 15 is 0 Å². The number of ether oxygens (including phenoxy) is 1. The lowest BCUT2D eigenvalue weighted by Crippen LogP contribution is -2.35. The summed E-state index contributed by atoms with van der Waals surface area (Å²) in [5.74, 6) is 0.515. The molecule has 0 unspecified atom stereocenters. The maximum atomic E-state index is 12.6. The molecule has 1 saturated heterocycles. The number of benzene rings is 1. The van der Waals surface area contributed by atoms with Crippen LogP contribution in [0.1, 0.15) is 45.1 Å². The van der Waals surface area contributed by atoms with Crippen LogP contribution in [0.2, 0.25) is 0 Å². The van der Waals surface area contributed by atoms with Crippen molar-refractivity contribution in [3.05, 3.63) is 29.8 Å². The van der Waals surface area contributed by atoms with Crippen LogP contribution in [0, 0.1) is 5.92 Å². The van der Waals surface area contributed by atoms with Crippen molar-refractivity contribution < 1.29 is 22.7 Å². The molecule has 0 spiro atoms. The van der Waals surface area contributed by atoms with E-state index < -0.39 is 23.4 Å². The van der Waals surface area contributed by atoms with Gasteiger partial charge < -0.3 is 15.4 Å². The number of primary amides is 1. The van der Waals surface area contributed by atoms with Crippen molar-refractivity contribution in [2.75, 3.05) is 18.0 Å². The summed E-state index contributed by atoms with van der Waals surface area (Å²) in [6.45, 7) is 5.31. The first-order chi connectivity index (χ1) is 11.6. The minimum absolute atomic E-state index is 0.515. The zero-order chi connectivity index (χ0) is 18.7. The molecule has 4 nitrogen and oxygen atoms in total. The quantitative estimate of drug-likeness (QED) is 0.838. The summed E-state index contributed by atoms with van der Waals surface area (Å²) in [7, 11) is 0. The highest BCUT2D eigenvalue weighted by Gasteiger charge is 2.30. The Morgan fingerprint density at radius 2 is 1.76 bits per heavy atom. The highest BCUT2D eigenvalue weighted by atomic mass is 19.4. The van der Waals surface area contributed by atoms with Crippen molar-refractivity contribution in [3.63, 3.8) is 0 Å². The van der Waals surface area contributed by atoms with Gasteiger partial charge in [-0.25, -0.2) is 4.79 Å². The molecule has 1 aliphatic rings. The molecule has 140 valence electrons. The lowest BCUT2D eigenvalue weighted by atomic mass is 9.88. The third kappa shape index (κ3) is 5.83. The van der Waals surface area contributed by atoms with Gasteiger partial charge in [-0.3, -0.25) is 0 Å². The van der Waals surface area contributed by atoms with Crippen molar-refractivity contribution in [2.24, 2.45) is 11.7 Å². The Hall–Kier alpha value is -1.92. The molecule has 1 aromatic rings. The van der Waals surface area contributed by atoms with Crippen LogP contribution < -0.4 is 10.6 Å². The van der Waals surface area contributed by atoms with E-state index in [2.05, 4.69) is 4.90 Å². The van der Waals surface area contributed by atoms with Crippen LogP contribution in [0.3, 0.4) is 0 Å². The lowest BCUT2D eigenvalue weighted by molar-refractivity contribution is -0.137. The number of anilines is 1. The molecule has 0 aromatic heterocycles. The molecule has 0 atom stereocenters. The first-order valence-electron chi connectivity index (χ1n) is 8.47. The SMILES string of the molecule is CC(C)(CCC1CCN(c2ccc(C(F)(F)F)cc2)CC1)OC(N)=O. The second-order valence-electron chi connectivity index (χ2n) is 7.19. The average Bonchev–Trinajstić information content (AvgIpc) is 2.52. The summed E-state index contributed by atoms with van der Waals surface area (Å²) in [5, 5.41) is 0. The molecule has 0 saturated carbocycles. The zero-order valence-electron chi connectivity index (χ0n) is 14.6. The van der Waals surface area contributed by atoms with Gasteiger partial charge in [0, 0.05) is 18.8 Å². The molecular weight excluding hydrogens is 333 g/mol. The number of carbonyl (C=O) groups excluding carboxylic acids is 1. The van der Waals surface area contributed by atoms with Crippen molar-refractivity contribution in [1.29, 1.82) is 0 Å². The Morgan fingerprint density at radius 3 is 2.24 bits per heavy atom. The second kappa shape index (κ2) is 7.54. The fourth-order valence-electron chi connectivity index (χ4n) is 3.22. The maximum Gasteiger partial charge on any atom is 0.416 e. The molecule has 1 aliphatic heterocycles. The topological polar surface area (TPSA) is 55.6 Å². The van der Waals surface area contributed by atoms with Gasteiger partial charge >= 0.3 is 12.3 Å². The number of nitrogens with two attached hydrogens (primary N) is 1. The van der Waals surface area contributed by atoms with Crippen molar-refractivity contribution in [1.82, 2.24) is 0 Å². The first-order valence-corrected chi connectivity index (χ1v) is 8.47. The largest absolute Gasteiger partial charge is 0.444 e. The Morgan fingerprint density at radius 1 is 1.20 bits per heavy atom. The predicted molar refractivity (Wildman–Crippen MR) is 90.4 cm³/mol. The van der Waals surface area contributed by atoms with Crippen LogP contribution in [0.15, 0.2) is 24.3 Å². The smallest absolute Gasteiger partial charge is 0.416 e. The molecule has 25 heavy (non-hydrogen) atoms. The van der Waals surface area contributed by atoms with Crippen molar-refractivity contribution in [2.45, 2.75) is 51.3 Å². The number of carbonyl (C=O) groups is 1. The molecule has 2 N–H and O–H groups in total. The van der Waals surface area contributed by atoms with E-state index in [9.17, 15) is 18.0 Å². The van der Waals surface area contributed by atoms with E-state index in [4.69, 9.17) is 10.5 Å². The number of rotatable bonds is 5. The summed E-state index contributed by atoms with van der Waals surface area (Å²) >= 11 is 0. The summed E-state index contributed by atoms with van der Waals surface area (Å²) in [6.07, 6.45) is -1.46. The van der Waals surface area contributed by atoms with Crippen molar-refractivity contribution >= 4 is 11.8 Å². The standard InChI is InChI=1S/C18H25F3N2O2/c1-17(2,25-16(22)24)10-7-13-8-11-23(12-9-13)15-5-3-14(4-6-15)18(19,20)21/h3-6,13H,7-12H2,1-2H3,(H2,22,24). The van der Waals surface area contributed by atoms with Gasteiger partial charge in [0.2, 0.25) is 0 Å². The average molecular weight is 358 g/mol. The molecule has 0 aliphatic carbocycles. The summed E-state index contributed by atoms with van der Waals surface area (Å²) in [4.78, 5) is 13.0. The van der Waals surface area contributed by atoms with E-state index in [1.54, 1.807) is 0 Å². The Bertz CT molecular complexity index is 577. The fraction of sp³-hybridized carbons (Fsp3) is 0.611. The Labute approximate surface area is 146 Å². The molecule has 1 heterocycles. The highest BCUT2D eigenvalue weighted by Crippen LogP contribution is 2.32. The van der Waals surface area contributed by atoms with Crippen LogP contribution in [-0.4, -0.2) is 24.8 Å². The summed E-state index contributed by atoms with van der Waals surface area (Å²) in [5.41, 5.74) is 4.70. The van der Waals surface area contributed by atoms with Crippen LogP contribution in [0.4, 0.5) is 23.7 Å². The number of hydrogen-bond donors (Lipinski definition) is 1. The minimum Gasteiger partial charge on any atom is -0.444 e. The normalized spacial score (nSPS) is 16.8. The molecule has 7 heteroatoms. The molecule has 1 fully saturated rings. The van der Waals surface area contributed by atoms with Crippen LogP contribution >= 0.6 is 0 Å². The monoisotopic (exact) mass is 358 g/mol. The Balaban J connectivity index is 1.82.